The molecule has 2 aromatic rings. The molecule has 1 fully saturated rings. The third kappa shape index (κ3) is 2.74. The van der Waals surface area contributed by atoms with E-state index in [0.29, 0.717) is 0 Å². The Hall–Kier alpha value is -1.64. The predicted octanol–water partition coefficient (Wildman–Crippen LogP) is 3.71. The molecule has 5 atom stereocenters. The van der Waals surface area contributed by atoms with Gasteiger partial charge in [0.25, 0.3) is 0 Å². The monoisotopic (exact) mass is 281 g/mol. The van der Waals surface area contributed by atoms with Gasteiger partial charge in [-0.25, -0.2) is 0 Å². The molecule has 0 aliphatic carbocycles. The summed E-state index contributed by atoms with van der Waals surface area (Å²) in [4.78, 5) is 0. The third-order valence-electron chi connectivity index (χ3n) is 4.81. The normalized spacial score (nSPS) is 32.8. The number of piperidine rings is 1. The molecule has 0 aromatic heterocycles. The van der Waals surface area contributed by atoms with E-state index in [9.17, 15) is 5.11 Å². The second-order valence-corrected chi connectivity index (χ2v) is 6.15. The van der Waals surface area contributed by atoms with Gasteiger partial charge in [-0.05, 0) is 11.1 Å². The molecule has 1 heterocycles. The SMILES string of the molecule is C[C@@H]1C(O)[C@H](C)[C@H](c2ccccc2)N[C@H]1c1ccccc1. The lowest BCUT2D eigenvalue weighted by Crippen LogP contribution is -2.48. The zero-order valence-corrected chi connectivity index (χ0v) is 12.6. The van der Waals surface area contributed by atoms with Gasteiger partial charge in [-0.3, -0.25) is 0 Å². The molecular weight excluding hydrogens is 258 g/mol. The van der Waals surface area contributed by atoms with Crippen LogP contribution in [0.1, 0.15) is 37.1 Å². The smallest absolute Gasteiger partial charge is 0.0627 e. The van der Waals surface area contributed by atoms with Crippen LogP contribution in [-0.4, -0.2) is 11.2 Å². The summed E-state index contributed by atoms with van der Waals surface area (Å²) in [6.07, 6.45) is -0.304. The summed E-state index contributed by atoms with van der Waals surface area (Å²) in [6, 6.07) is 21.2. The summed E-state index contributed by atoms with van der Waals surface area (Å²) >= 11 is 0. The minimum atomic E-state index is -0.304. The van der Waals surface area contributed by atoms with Gasteiger partial charge in [-0.2, -0.15) is 0 Å². The van der Waals surface area contributed by atoms with Crippen LogP contribution in [0.3, 0.4) is 0 Å². The molecular formula is C19H23NO. The Labute approximate surface area is 126 Å². The maximum absolute atomic E-state index is 10.7. The molecule has 21 heavy (non-hydrogen) atoms. The predicted molar refractivity (Wildman–Crippen MR) is 85.8 cm³/mol. The first kappa shape index (κ1) is 14.3. The second kappa shape index (κ2) is 6.00. The highest BCUT2D eigenvalue weighted by atomic mass is 16.3. The quantitative estimate of drug-likeness (QED) is 0.879. The number of benzene rings is 2. The van der Waals surface area contributed by atoms with Crippen LogP contribution in [0.5, 0.6) is 0 Å². The van der Waals surface area contributed by atoms with E-state index in [1.807, 2.05) is 12.1 Å². The average Bonchev–Trinajstić information content (AvgIpc) is 2.55. The molecule has 2 nitrogen and oxygen atoms in total. The number of hydrogen-bond donors (Lipinski definition) is 2. The van der Waals surface area contributed by atoms with Gasteiger partial charge >= 0.3 is 0 Å². The van der Waals surface area contributed by atoms with Crippen molar-refractivity contribution in [3.63, 3.8) is 0 Å². The lowest BCUT2D eigenvalue weighted by atomic mass is 9.75. The van der Waals surface area contributed by atoms with Crippen LogP contribution in [0.15, 0.2) is 60.7 Å². The molecule has 110 valence electrons. The van der Waals surface area contributed by atoms with Crippen molar-refractivity contribution in [2.24, 2.45) is 11.8 Å². The Morgan fingerprint density at radius 2 is 1.10 bits per heavy atom. The number of aliphatic hydroxyl groups is 1. The van der Waals surface area contributed by atoms with E-state index in [2.05, 4.69) is 67.7 Å². The summed E-state index contributed by atoms with van der Waals surface area (Å²) in [5.41, 5.74) is 2.49. The number of aliphatic hydroxyl groups excluding tert-OH is 1. The van der Waals surface area contributed by atoms with Crippen molar-refractivity contribution in [1.29, 1.82) is 0 Å². The first-order valence-corrected chi connectivity index (χ1v) is 7.72. The van der Waals surface area contributed by atoms with Crippen molar-refractivity contribution in [1.82, 2.24) is 5.32 Å². The van der Waals surface area contributed by atoms with Gasteiger partial charge in [0.2, 0.25) is 0 Å². The Morgan fingerprint density at radius 3 is 1.48 bits per heavy atom. The first-order valence-electron chi connectivity index (χ1n) is 7.72. The molecule has 1 aliphatic heterocycles. The molecule has 0 saturated carbocycles. The highest BCUT2D eigenvalue weighted by molar-refractivity contribution is 5.26. The fraction of sp³-hybridized carbons (Fsp3) is 0.368. The van der Waals surface area contributed by atoms with E-state index in [0.717, 1.165) is 0 Å². The van der Waals surface area contributed by atoms with Gasteiger partial charge in [0.05, 0.1) is 6.10 Å². The van der Waals surface area contributed by atoms with E-state index in [4.69, 9.17) is 0 Å². The third-order valence-corrected chi connectivity index (χ3v) is 4.81. The average molecular weight is 281 g/mol. The van der Waals surface area contributed by atoms with Gasteiger partial charge in [0.1, 0.15) is 0 Å². The van der Waals surface area contributed by atoms with E-state index in [1.54, 1.807) is 0 Å². The molecule has 2 aromatic carbocycles. The Bertz CT molecular complexity index is 517. The molecule has 0 radical (unpaired) electrons. The van der Waals surface area contributed by atoms with E-state index < -0.39 is 0 Å². The van der Waals surface area contributed by atoms with Crippen molar-refractivity contribution >= 4 is 0 Å². The molecule has 2 N–H and O–H groups in total. The summed E-state index contributed by atoms with van der Waals surface area (Å²) in [6.45, 7) is 4.26. The van der Waals surface area contributed by atoms with Crippen molar-refractivity contribution in [3.05, 3.63) is 71.8 Å². The Balaban J connectivity index is 1.93. The maximum atomic E-state index is 10.7. The van der Waals surface area contributed by atoms with E-state index in [1.165, 1.54) is 11.1 Å². The van der Waals surface area contributed by atoms with Crippen molar-refractivity contribution in [3.8, 4) is 0 Å². The Morgan fingerprint density at radius 1 is 0.714 bits per heavy atom. The maximum Gasteiger partial charge on any atom is 0.0627 e. The summed E-state index contributed by atoms with van der Waals surface area (Å²) < 4.78 is 0. The van der Waals surface area contributed by atoms with Gasteiger partial charge in [-0.15, -0.1) is 0 Å². The van der Waals surface area contributed by atoms with Crippen LogP contribution in [0.25, 0.3) is 0 Å². The van der Waals surface area contributed by atoms with Crippen LogP contribution in [0.2, 0.25) is 0 Å². The van der Waals surface area contributed by atoms with Gasteiger partial charge < -0.3 is 10.4 Å². The van der Waals surface area contributed by atoms with E-state index in [-0.39, 0.29) is 30.0 Å². The fourth-order valence-electron chi connectivity index (χ4n) is 3.49. The Kier molecular flexibility index (Phi) is 4.09. The first-order chi connectivity index (χ1) is 10.2. The van der Waals surface area contributed by atoms with Gasteiger partial charge in [0.15, 0.2) is 0 Å². The zero-order chi connectivity index (χ0) is 14.8. The molecule has 1 aliphatic rings. The minimum Gasteiger partial charge on any atom is -0.392 e. The number of rotatable bonds is 2. The highest BCUT2D eigenvalue weighted by Crippen LogP contribution is 2.40. The van der Waals surface area contributed by atoms with Crippen molar-refractivity contribution < 1.29 is 5.11 Å². The van der Waals surface area contributed by atoms with Gasteiger partial charge in [-0.1, -0.05) is 74.5 Å². The summed E-state index contributed by atoms with van der Waals surface area (Å²) in [7, 11) is 0. The molecule has 2 heteroatoms. The van der Waals surface area contributed by atoms with Crippen molar-refractivity contribution in [2.75, 3.05) is 0 Å². The molecule has 1 saturated heterocycles. The van der Waals surface area contributed by atoms with Crippen LogP contribution < -0.4 is 5.32 Å². The fourth-order valence-corrected chi connectivity index (χ4v) is 3.49. The molecule has 0 bridgehead atoms. The van der Waals surface area contributed by atoms with Crippen LogP contribution in [-0.2, 0) is 0 Å². The van der Waals surface area contributed by atoms with Crippen LogP contribution >= 0.6 is 0 Å². The lowest BCUT2D eigenvalue weighted by Gasteiger charge is -2.44. The number of nitrogens with one attached hydrogen (secondary N) is 1. The molecule has 0 spiro atoms. The molecule has 3 rings (SSSR count). The van der Waals surface area contributed by atoms with Crippen LogP contribution in [0, 0.1) is 11.8 Å². The molecule has 0 amide bonds. The molecule has 1 unspecified atom stereocenters. The summed E-state index contributed by atoms with van der Waals surface area (Å²) in [5, 5.41) is 14.4. The highest BCUT2D eigenvalue weighted by Gasteiger charge is 2.40. The van der Waals surface area contributed by atoms with Gasteiger partial charge in [0, 0.05) is 23.9 Å². The van der Waals surface area contributed by atoms with Crippen molar-refractivity contribution in [2.45, 2.75) is 32.0 Å². The second-order valence-electron chi connectivity index (χ2n) is 6.15. The van der Waals surface area contributed by atoms with E-state index >= 15 is 0 Å². The largest absolute Gasteiger partial charge is 0.392 e. The zero-order valence-electron chi connectivity index (χ0n) is 12.6. The van der Waals surface area contributed by atoms with Crippen LogP contribution in [0.4, 0.5) is 0 Å². The summed E-state index contributed by atoms with van der Waals surface area (Å²) in [5.74, 6) is 0.393. The topological polar surface area (TPSA) is 32.3 Å². The standard InChI is InChI=1S/C19H23NO/c1-13-17(15-9-5-3-6-10-15)20-18(14(2)19(13)21)16-11-7-4-8-12-16/h3-14,17-21H,1-2H3/t13-,14+,17-,18-,19?/m1/s1. The minimum absolute atomic E-state index is 0.183. The lowest BCUT2D eigenvalue weighted by molar-refractivity contribution is -0.00676. The number of hydrogen-bond acceptors (Lipinski definition) is 2.